The average Bonchev–Trinajstić information content (AvgIpc) is 3.23. The number of hydrogen-bond acceptors (Lipinski definition) is 4. The van der Waals surface area contributed by atoms with E-state index in [9.17, 15) is 9.59 Å². The first-order valence-electron chi connectivity index (χ1n) is 10.8. The predicted octanol–water partition coefficient (Wildman–Crippen LogP) is 3.70. The Morgan fingerprint density at radius 1 is 1.03 bits per heavy atom. The second-order valence-electron chi connectivity index (χ2n) is 8.40. The standard InChI is InChI=1S/C23H30N4O2S/c1-17-7-6-12-26(16-17)21(28)18-10-13-25(14-11-18)22(29)20-15-24-23(30-2)27(20)19-8-4-3-5-9-19/h3-5,8-9,15,17-18H,6-7,10-14,16H2,1-2H3/t17-/m1/s1. The summed E-state index contributed by atoms with van der Waals surface area (Å²) in [7, 11) is 0. The summed E-state index contributed by atoms with van der Waals surface area (Å²) in [6.07, 6.45) is 7.44. The van der Waals surface area contributed by atoms with Crippen molar-refractivity contribution in [3.63, 3.8) is 0 Å². The van der Waals surface area contributed by atoms with Gasteiger partial charge in [0.2, 0.25) is 5.91 Å². The highest BCUT2D eigenvalue weighted by Gasteiger charge is 2.33. The Morgan fingerprint density at radius 3 is 2.43 bits per heavy atom. The van der Waals surface area contributed by atoms with Gasteiger partial charge in [0.15, 0.2) is 5.16 Å². The monoisotopic (exact) mass is 426 g/mol. The molecule has 2 aliphatic heterocycles. The van der Waals surface area contributed by atoms with Crippen LogP contribution < -0.4 is 0 Å². The molecule has 0 N–H and O–H groups in total. The molecule has 30 heavy (non-hydrogen) atoms. The van der Waals surface area contributed by atoms with E-state index in [-0.39, 0.29) is 17.7 Å². The summed E-state index contributed by atoms with van der Waals surface area (Å²) in [5.74, 6) is 0.908. The van der Waals surface area contributed by atoms with Gasteiger partial charge in [-0.2, -0.15) is 0 Å². The molecule has 2 saturated heterocycles. The van der Waals surface area contributed by atoms with E-state index >= 15 is 0 Å². The molecule has 7 heteroatoms. The fraction of sp³-hybridized carbons (Fsp3) is 0.522. The van der Waals surface area contributed by atoms with E-state index in [1.165, 1.54) is 18.2 Å². The van der Waals surface area contributed by atoms with E-state index in [1.807, 2.05) is 51.0 Å². The van der Waals surface area contributed by atoms with Gasteiger partial charge in [-0.3, -0.25) is 14.2 Å². The minimum atomic E-state index is -0.0100. The van der Waals surface area contributed by atoms with Crippen LogP contribution in [0, 0.1) is 11.8 Å². The lowest BCUT2D eigenvalue weighted by molar-refractivity contribution is -0.138. The third-order valence-corrected chi connectivity index (χ3v) is 6.90. The number of carbonyl (C=O) groups excluding carboxylic acids is 2. The molecular formula is C23H30N4O2S. The van der Waals surface area contributed by atoms with E-state index < -0.39 is 0 Å². The smallest absolute Gasteiger partial charge is 0.272 e. The van der Waals surface area contributed by atoms with E-state index in [0.29, 0.717) is 24.7 Å². The predicted molar refractivity (Wildman–Crippen MR) is 119 cm³/mol. The Bertz CT molecular complexity index is 890. The quantitative estimate of drug-likeness (QED) is 0.700. The zero-order chi connectivity index (χ0) is 21.1. The Kier molecular flexibility index (Phi) is 6.46. The molecule has 3 heterocycles. The molecule has 2 amide bonds. The van der Waals surface area contributed by atoms with Crippen LogP contribution >= 0.6 is 11.8 Å². The van der Waals surface area contributed by atoms with Crippen LogP contribution in [0.15, 0.2) is 41.7 Å². The number of carbonyl (C=O) groups is 2. The summed E-state index contributed by atoms with van der Waals surface area (Å²) in [4.78, 5) is 34.6. The number of benzene rings is 1. The minimum Gasteiger partial charge on any atom is -0.342 e. The van der Waals surface area contributed by atoms with Crippen molar-refractivity contribution in [2.75, 3.05) is 32.4 Å². The summed E-state index contributed by atoms with van der Waals surface area (Å²) >= 11 is 1.53. The molecule has 0 radical (unpaired) electrons. The number of nitrogens with zero attached hydrogens (tertiary/aromatic N) is 4. The molecule has 2 aromatic rings. The largest absolute Gasteiger partial charge is 0.342 e. The summed E-state index contributed by atoms with van der Waals surface area (Å²) in [5.41, 5.74) is 1.52. The van der Waals surface area contributed by atoms with Crippen molar-refractivity contribution in [2.45, 2.75) is 37.8 Å². The van der Waals surface area contributed by atoms with E-state index in [0.717, 1.165) is 43.2 Å². The van der Waals surface area contributed by atoms with Gasteiger partial charge in [0.25, 0.3) is 5.91 Å². The minimum absolute atomic E-state index is 0.0100. The number of aromatic nitrogens is 2. The molecule has 0 bridgehead atoms. The fourth-order valence-corrected chi connectivity index (χ4v) is 5.14. The molecule has 0 spiro atoms. The van der Waals surface area contributed by atoms with Crippen molar-refractivity contribution in [1.29, 1.82) is 0 Å². The van der Waals surface area contributed by atoms with Gasteiger partial charge in [0, 0.05) is 37.8 Å². The zero-order valence-electron chi connectivity index (χ0n) is 17.8. The van der Waals surface area contributed by atoms with E-state index in [4.69, 9.17) is 0 Å². The second-order valence-corrected chi connectivity index (χ2v) is 9.17. The SMILES string of the molecule is CSc1ncc(C(=O)N2CCC(C(=O)N3CCC[C@@H](C)C3)CC2)n1-c1ccccc1. The van der Waals surface area contributed by atoms with Crippen molar-refractivity contribution in [2.24, 2.45) is 11.8 Å². The van der Waals surface area contributed by atoms with E-state index in [2.05, 4.69) is 11.9 Å². The molecule has 1 aromatic heterocycles. The highest BCUT2D eigenvalue weighted by Crippen LogP contribution is 2.26. The van der Waals surface area contributed by atoms with Crippen LogP contribution in [0.4, 0.5) is 0 Å². The number of rotatable bonds is 4. The number of para-hydroxylation sites is 1. The van der Waals surface area contributed by atoms with Crippen LogP contribution in [0.2, 0.25) is 0 Å². The molecule has 6 nitrogen and oxygen atoms in total. The summed E-state index contributed by atoms with van der Waals surface area (Å²) in [6, 6.07) is 9.87. The third kappa shape index (κ3) is 4.26. The maximum Gasteiger partial charge on any atom is 0.272 e. The van der Waals surface area contributed by atoms with Gasteiger partial charge in [-0.25, -0.2) is 4.98 Å². The lowest BCUT2D eigenvalue weighted by Crippen LogP contribution is -2.47. The number of imidazole rings is 1. The molecule has 0 aliphatic carbocycles. The molecule has 0 saturated carbocycles. The van der Waals surface area contributed by atoms with Crippen LogP contribution in [0.1, 0.15) is 43.1 Å². The third-order valence-electron chi connectivity index (χ3n) is 6.25. The van der Waals surface area contributed by atoms with Crippen LogP contribution in [0.3, 0.4) is 0 Å². The van der Waals surface area contributed by atoms with Crippen molar-refractivity contribution >= 4 is 23.6 Å². The molecule has 160 valence electrons. The average molecular weight is 427 g/mol. The lowest BCUT2D eigenvalue weighted by atomic mass is 9.92. The van der Waals surface area contributed by atoms with Crippen molar-refractivity contribution in [3.05, 3.63) is 42.2 Å². The molecule has 0 unspecified atom stereocenters. The highest BCUT2D eigenvalue weighted by molar-refractivity contribution is 7.98. The van der Waals surface area contributed by atoms with Crippen molar-refractivity contribution in [3.8, 4) is 5.69 Å². The van der Waals surface area contributed by atoms with E-state index in [1.54, 1.807) is 6.20 Å². The Labute approximate surface area is 182 Å². The van der Waals surface area contributed by atoms with Gasteiger partial charge < -0.3 is 9.80 Å². The van der Waals surface area contributed by atoms with Gasteiger partial charge in [0.1, 0.15) is 5.69 Å². The summed E-state index contributed by atoms with van der Waals surface area (Å²) in [6.45, 7) is 5.22. The van der Waals surface area contributed by atoms with Gasteiger partial charge in [-0.15, -0.1) is 0 Å². The Balaban J connectivity index is 1.44. The molecular weight excluding hydrogens is 396 g/mol. The van der Waals surface area contributed by atoms with Crippen LogP contribution in [-0.2, 0) is 4.79 Å². The van der Waals surface area contributed by atoms with Crippen molar-refractivity contribution < 1.29 is 9.59 Å². The van der Waals surface area contributed by atoms with Gasteiger partial charge in [0.05, 0.1) is 6.20 Å². The first-order chi connectivity index (χ1) is 14.6. The molecule has 1 atom stereocenters. The summed E-state index contributed by atoms with van der Waals surface area (Å²) in [5, 5.41) is 0.800. The Hall–Kier alpha value is -2.28. The highest BCUT2D eigenvalue weighted by atomic mass is 32.2. The van der Waals surface area contributed by atoms with Crippen LogP contribution in [-0.4, -0.2) is 63.6 Å². The molecule has 4 rings (SSSR count). The van der Waals surface area contributed by atoms with Gasteiger partial charge in [-0.05, 0) is 50.0 Å². The Morgan fingerprint density at radius 2 is 1.77 bits per heavy atom. The maximum absolute atomic E-state index is 13.3. The molecule has 2 fully saturated rings. The molecule has 1 aromatic carbocycles. The number of hydrogen-bond donors (Lipinski definition) is 0. The first kappa shape index (κ1) is 21.0. The second kappa shape index (κ2) is 9.25. The number of likely N-dealkylation sites (tertiary alicyclic amines) is 2. The zero-order valence-corrected chi connectivity index (χ0v) is 18.6. The fourth-order valence-electron chi connectivity index (χ4n) is 4.60. The van der Waals surface area contributed by atoms with Gasteiger partial charge >= 0.3 is 0 Å². The topological polar surface area (TPSA) is 58.4 Å². The number of amides is 2. The lowest BCUT2D eigenvalue weighted by Gasteiger charge is -2.37. The normalized spacial score (nSPS) is 20.4. The molecule has 2 aliphatic rings. The number of piperidine rings is 2. The van der Waals surface area contributed by atoms with Crippen molar-refractivity contribution in [1.82, 2.24) is 19.4 Å². The summed E-state index contributed by atoms with van der Waals surface area (Å²) < 4.78 is 1.93. The van der Waals surface area contributed by atoms with Crippen LogP contribution in [0.25, 0.3) is 5.69 Å². The van der Waals surface area contributed by atoms with Gasteiger partial charge in [-0.1, -0.05) is 36.9 Å². The maximum atomic E-state index is 13.3. The van der Waals surface area contributed by atoms with Crippen LogP contribution in [0.5, 0.6) is 0 Å². The first-order valence-corrected chi connectivity index (χ1v) is 12.1. The number of thioether (sulfide) groups is 1.